The molecule has 2 heterocycles. The number of rotatable bonds is 5. The number of aliphatic imine (C=N–C) groups is 1. The highest BCUT2D eigenvalue weighted by Crippen LogP contribution is 2.11. The van der Waals surface area contributed by atoms with Gasteiger partial charge in [-0.2, -0.15) is 5.10 Å². The van der Waals surface area contributed by atoms with E-state index in [2.05, 4.69) is 20.5 Å². The Morgan fingerprint density at radius 2 is 2.65 bits per heavy atom. The van der Waals surface area contributed by atoms with Gasteiger partial charge < -0.3 is 15.8 Å². The van der Waals surface area contributed by atoms with Gasteiger partial charge in [-0.3, -0.25) is 10.1 Å². The summed E-state index contributed by atoms with van der Waals surface area (Å²) < 4.78 is 5.46. The maximum Gasteiger partial charge on any atom is 0.188 e. The minimum absolute atomic E-state index is 0.254. The van der Waals surface area contributed by atoms with E-state index < -0.39 is 0 Å². The molecule has 1 aromatic heterocycles. The fraction of sp³-hybridized carbons (Fsp3) is 0.636. The number of guanidine groups is 1. The van der Waals surface area contributed by atoms with E-state index in [4.69, 9.17) is 10.5 Å². The number of ether oxygens (including phenoxy) is 1. The van der Waals surface area contributed by atoms with E-state index in [9.17, 15) is 0 Å². The van der Waals surface area contributed by atoms with Crippen LogP contribution in [0.25, 0.3) is 0 Å². The summed E-state index contributed by atoms with van der Waals surface area (Å²) in [5.74, 6) is 0.490. The normalized spacial score (nSPS) is 20.7. The molecule has 1 aromatic rings. The highest BCUT2D eigenvalue weighted by atomic mass is 16.5. The molecule has 0 aromatic carbocycles. The van der Waals surface area contributed by atoms with Crippen molar-refractivity contribution in [3.63, 3.8) is 0 Å². The van der Waals surface area contributed by atoms with Gasteiger partial charge in [0.1, 0.15) is 0 Å². The maximum atomic E-state index is 5.75. The van der Waals surface area contributed by atoms with Gasteiger partial charge in [0.15, 0.2) is 5.96 Å². The molecule has 1 aliphatic rings. The number of H-pyrrole nitrogens is 1. The number of nitrogens with zero attached hydrogens (tertiary/aromatic N) is 2. The first-order chi connectivity index (χ1) is 8.34. The molecule has 6 heteroatoms. The van der Waals surface area contributed by atoms with Crippen molar-refractivity contribution in [2.45, 2.75) is 25.4 Å². The van der Waals surface area contributed by atoms with Gasteiger partial charge in [-0.05, 0) is 24.8 Å². The molecule has 1 fully saturated rings. The van der Waals surface area contributed by atoms with E-state index in [1.54, 1.807) is 6.20 Å². The number of nitrogens with two attached hydrogens (primary N) is 1. The predicted molar refractivity (Wildman–Crippen MR) is 65.8 cm³/mol. The predicted octanol–water partition coefficient (Wildman–Crippen LogP) is 0.0355. The Balaban J connectivity index is 1.62. The minimum Gasteiger partial charge on any atom is -0.376 e. The van der Waals surface area contributed by atoms with Crippen LogP contribution in [0, 0.1) is 0 Å². The molecule has 1 aliphatic heterocycles. The smallest absolute Gasteiger partial charge is 0.188 e. The van der Waals surface area contributed by atoms with Crippen molar-refractivity contribution < 1.29 is 4.74 Å². The lowest BCUT2D eigenvalue weighted by atomic mass is 10.2. The third-order valence-corrected chi connectivity index (χ3v) is 2.76. The van der Waals surface area contributed by atoms with Gasteiger partial charge in [0.05, 0.1) is 18.8 Å². The fourth-order valence-electron chi connectivity index (χ4n) is 1.79. The van der Waals surface area contributed by atoms with Gasteiger partial charge in [0, 0.05) is 19.3 Å². The van der Waals surface area contributed by atoms with Crippen molar-refractivity contribution >= 4 is 5.96 Å². The summed E-state index contributed by atoms with van der Waals surface area (Å²) in [7, 11) is 0. The maximum absolute atomic E-state index is 5.75. The highest BCUT2D eigenvalue weighted by molar-refractivity contribution is 5.77. The molecule has 1 saturated heterocycles. The Kier molecular flexibility index (Phi) is 4.37. The summed E-state index contributed by atoms with van der Waals surface area (Å²) in [6, 6.07) is 0. The Morgan fingerprint density at radius 1 is 1.71 bits per heavy atom. The Hall–Kier alpha value is -1.56. The summed E-state index contributed by atoms with van der Waals surface area (Å²) in [6.45, 7) is 2.28. The molecule has 4 N–H and O–H groups in total. The molecule has 0 bridgehead atoms. The van der Waals surface area contributed by atoms with Crippen molar-refractivity contribution in [1.29, 1.82) is 0 Å². The molecule has 0 aliphatic carbocycles. The molecule has 0 saturated carbocycles. The lowest BCUT2D eigenvalue weighted by molar-refractivity contribution is 0.118. The zero-order valence-corrected chi connectivity index (χ0v) is 9.85. The highest BCUT2D eigenvalue weighted by Gasteiger charge is 2.14. The van der Waals surface area contributed by atoms with E-state index in [1.165, 1.54) is 0 Å². The van der Waals surface area contributed by atoms with Gasteiger partial charge in [-0.15, -0.1) is 0 Å². The third-order valence-electron chi connectivity index (χ3n) is 2.76. The number of nitrogens with one attached hydrogen (secondary N) is 2. The van der Waals surface area contributed by atoms with Crippen LogP contribution in [-0.4, -0.2) is 42.0 Å². The first-order valence-corrected chi connectivity index (χ1v) is 5.97. The van der Waals surface area contributed by atoms with Gasteiger partial charge in [-0.25, -0.2) is 0 Å². The van der Waals surface area contributed by atoms with Gasteiger partial charge in [0.25, 0.3) is 0 Å². The van der Waals surface area contributed by atoms with Gasteiger partial charge >= 0.3 is 0 Å². The van der Waals surface area contributed by atoms with Crippen LogP contribution in [-0.2, 0) is 11.2 Å². The minimum atomic E-state index is 0.254. The average Bonchev–Trinajstić information content (AvgIpc) is 2.99. The molecule has 1 atom stereocenters. The van der Waals surface area contributed by atoms with Crippen LogP contribution in [0.1, 0.15) is 18.4 Å². The lowest BCUT2D eigenvalue weighted by Gasteiger charge is -2.07. The van der Waals surface area contributed by atoms with Crippen LogP contribution in [0.2, 0.25) is 0 Å². The number of hydrogen-bond acceptors (Lipinski definition) is 3. The molecule has 0 spiro atoms. The van der Waals surface area contributed by atoms with Crippen LogP contribution < -0.4 is 11.1 Å². The SMILES string of the molecule is NC(=NCC1CCCO1)NCCc1cn[nH]c1. The van der Waals surface area contributed by atoms with Crippen LogP contribution in [0.15, 0.2) is 17.4 Å². The van der Waals surface area contributed by atoms with Crippen LogP contribution in [0.4, 0.5) is 0 Å². The summed E-state index contributed by atoms with van der Waals surface area (Å²) >= 11 is 0. The van der Waals surface area contributed by atoms with Gasteiger partial charge in [0.2, 0.25) is 0 Å². The molecule has 0 amide bonds. The number of hydrogen-bond donors (Lipinski definition) is 3. The van der Waals surface area contributed by atoms with Gasteiger partial charge in [-0.1, -0.05) is 0 Å². The summed E-state index contributed by atoms with van der Waals surface area (Å²) in [6.07, 6.45) is 7.04. The third kappa shape index (κ3) is 4.07. The van der Waals surface area contributed by atoms with Crippen molar-refractivity contribution in [3.8, 4) is 0 Å². The molecular weight excluding hydrogens is 218 g/mol. The lowest BCUT2D eigenvalue weighted by Crippen LogP contribution is -2.34. The molecule has 2 rings (SSSR count). The van der Waals surface area contributed by atoms with Crippen molar-refractivity contribution in [3.05, 3.63) is 18.0 Å². The first kappa shape index (κ1) is 11.9. The van der Waals surface area contributed by atoms with E-state index in [0.29, 0.717) is 12.5 Å². The van der Waals surface area contributed by atoms with Crippen molar-refractivity contribution in [1.82, 2.24) is 15.5 Å². The van der Waals surface area contributed by atoms with Crippen molar-refractivity contribution in [2.75, 3.05) is 19.7 Å². The number of aromatic amines is 1. The molecule has 94 valence electrons. The average molecular weight is 237 g/mol. The molecular formula is C11H19N5O. The van der Waals surface area contributed by atoms with E-state index >= 15 is 0 Å². The molecule has 6 nitrogen and oxygen atoms in total. The topological polar surface area (TPSA) is 88.3 Å². The fourth-order valence-corrected chi connectivity index (χ4v) is 1.79. The molecule has 17 heavy (non-hydrogen) atoms. The summed E-state index contributed by atoms with van der Waals surface area (Å²) in [4.78, 5) is 4.26. The van der Waals surface area contributed by atoms with Crippen molar-refractivity contribution in [2.24, 2.45) is 10.7 Å². The second-order valence-electron chi connectivity index (χ2n) is 4.14. The Morgan fingerprint density at radius 3 is 3.35 bits per heavy atom. The van der Waals surface area contributed by atoms with E-state index in [1.807, 2.05) is 6.20 Å². The number of aromatic nitrogens is 2. The molecule has 0 radical (unpaired) electrons. The second-order valence-corrected chi connectivity index (χ2v) is 4.14. The van der Waals surface area contributed by atoms with E-state index in [-0.39, 0.29) is 6.10 Å². The largest absolute Gasteiger partial charge is 0.376 e. The summed E-state index contributed by atoms with van der Waals surface area (Å²) in [5, 5.41) is 9.73. The summed E-state index contributed by atoms with van der Waals surface area (Å²) in [5.41, 5.74) is 6.91. The standard InChI is InChI=1S/C11H19N5O/c12-11(14-8-10-2-1-5-17-10)13-4-3-9-6-15-16-7-9/h6-7,10H,1-5,8H2,(H,15,16)(H3,12,13,14). The van der Waals surface area contributed by atoms with Crippen LogP contribution >= 0.6 is 0 Å². The quantitative estimate of drug-likeness (QED) is 0.498. The zero-order chi connectivity index (χ0) is 11.9. The zero-order valence-electron chi connectivity index (χ0n) is 9.85. The van der Waals surface area contributed by atoms with Crippen LogP contribution in [0.5, 0.6) is 0 Å². The monoisotopic (exact) mass is 237 g/mol. The Labute approximate surface area is 101 Å². The second kappa shape index (κ2) is 6.24. The van der Waals surface area contributed by atoms with Crippen LogP contribution in [0.3, 0.4) is 0 Å². The molecule has 1 unspecified atom stereocenters. The first-order valence-electron chi connectivity index (χ1n) is 5.97. The van der Waals surface area contributed by atoms with E-state index in [0.717, 1.165) is 38.0 Å². The Bertz CT molecular complexity index is 343.